The van der Waals surface area contributed by atoms with Crippen LogP contribution in [0.4, 0.5) is 17.5 Å². The van der Waals surface area contributed by atoms with E-state index in [0.29, 0.717) is 35.2 Å². The van der Waals surface area contributed by atoms with Gasteiger partial charge in [-0.25, -0.2) is 4.98 Å². The molecule has 0 radical (unpaired) electrons. The Bertz CT molecular complexity index is 881. The highest BCUT2D eigenvalue weighted by Gasteiger charge is 2.09. The summed E-state index contributed by atoms with van der Waals surface area (Å²) in [4.78, 5) is 16.0. The Kier molecular flexibility index (Phi) is 5.80. The Hall–Kier alpha value is -2.94. The van der Waals surface area contributed by atoms with Gasteiger partial charge in [-0.2, -0.15) is 0 Å². The van der Waals surface area contributed by atoms with Crippen molar-refractivity contribution in [3.05, 3.63) is 58.6 Å². The molecule has 0 atom stereocenters. The average Bonchev–Trinajstić information content (AvgIpc) is 3.06. The SMILES string of the molecule is Cc1ccnc(Nc2ccc(NCCNC(=O)c3ccc(Br)o3)nn2)c1. The third-order valence-corrected chi connectivity index (χ3v) is 3.78. The molecule has 0 bridgehead atoms. The van der Waals surface area contributed by atoms with Gasteiger partial charge < -0.3 is 20.4 Å². The van der Waals surface area contributed by atoms with E-state index in [9.17, 15) is 4.79 Å². The molecule has 3 N–H and O–H groups in total. The number of rotatable bonds is 7. The van der Waals surface area contributed by atoms with Gasteiger partial charge in [0.05, 0.1) is 0 Å². The molecule has 3 rings (SSSR count). The number of carbonyl (C=O) groups excluding carboxylic acids is 1. The van der Waals surface area contributed by atoms with Gasteiger partial charge in [0, 0.05) is 19.3 Å². The van der Waals surface area contributed by atoms with E-state index < -0.39 is 0 Å². The normalized spacial score (nSPS) is 10.4. The first-order valence-electron chi connectivity index (χ1n) is 7.91. The minimum Gasteiger partial charge on any atom is -0.444 e. The molecule has 0 saturated carbocycles. The fraction of sp³-hybridized carbons (Fsp3) is 0.176. The molecule has 26 heavy (non-hydrogen) atoms. The number of carbonyl (C=O) groups is 1. The number of nitrogens with zero attached hydrogens (tertiary/aromatic N) is 3. The summed E-state index contributed by atoms with van der Waals surface area (Å²) in [6, 6.07) is 10.7. The Morgan fingerprint density at radius 1 is 1.08 bits per heavy atom. The summed E-state index contributed by atoms with van der Waals surface area (Å²) in [7, 11) is 0. The first-order chi connectivity index (χ1) is 12.6. The highest BCUT2D eigenvalue weighted by atomic mass is 79.9. The smallest absolute Gasteiger partial charge is 0.287 e. The van der Waals surface area contributed by atoms with Gasteiger partial charge in [-0.1, -0.05) is 0 Å². The molecule has 0 aromatic carbocycles. The monoisotopic (exact) mass is 416 g/mol. The molecular formula is C17H17BrN6O2. The van der Waals surface area contributed by atoms with Gasteiger partial charge in [0.15, 0.2) is 16.2 Å². The average molecular weight is 417 g/mol. The minimum atomic E-state index is -0.270. The van der Waals surface area contributed by atoms with Crippen molar-refractivity contribution in [2.75, 3.05) is 23.7 Å². The second-order valence-corrected chi connectivity index (χ2v) is 6.22. The van der Waals surface area contributed by atoms with E-state index in [1.165, 1.54) is 0 Å². The maximum atomic E-state index is 11.8. The number of nitrogens with one attached hydrogen (secondary N) is 3. The molecule has 9 heteroatoms. The quantitative estimate of drug-likeness (QED) is 0.508. The maximum Gasteiger partial charge on any atom is 0.287 e. The molecule has 0 spiro atoms. The van der Waals surface area contributed by atoms with Crippen LogP contribution in [0.3, 0.4) is 0 Å². The van der Waals surface area contributed by atoms with E-state index in [0.717, 1.165) is 5.56 Å². The zero-order valence-corrected chi connectivity index (χ0v) is 15.6. The van der Waals surface area contributed by atoms with E-state index in [1.54, 1.807) is 30.5 Å². The van der Waals surface area contributed by atoms with Gasteiger partial charge in [0.1, 0.15) is 11.6 Å². The Labute approximate surface area is 158 Å². The van der Waals surface area contributed by atoms with E-state index in [-0.39, 0.29) is 11.7 Å². The van der Waals surface area contributed by atoms with E-state index in [2.05, 4.69) is 47.1 Å². The first kappa shape index (κ1) is 17.9. The standard InChI is InChI=1S/C17H17BrN6O2/c1-11-6-7-19-16(10-11)22-15-5-4-14(23-24-15)20-8-9-21-17(25)12-2-3-13(18)26-12/h2-7,10H,8-9H2,1H3,(H,20,23)(H,21,25)(H,19,22,24). The molecule has 0 aliphatic heterocycles. The Balaban J connectivity index is 1.43. The van der Waals surface area contributed by atoms with Crippen molar-refractivity contribution in [2.45, 2.75) is 6.92 Å². The van der Waals surface area contributed by atoms with Crippen molar-refractivity contribution in [3.63, 3.8) is 0 Å². The Morgan fingerprint density at radius 3 is 2.58 bits per heavy atom. The second kappa shape index (κ2) is 8.43. The molecule has 3 heterocycles. The number of aromatic nitrogens is 3. The van der Waals surface area contributed by atoms with E-state index in [1.807, 2.05) is 19.1 Å². The number of furan rings is 1. The molecule has 1 amide bonds. The molecule has 3 aromatic heterocycles. The fourth-order valence-corrected chi connectivity index (χ4v) is 2.43. The molecule has 0 saturated heterocycles. The van der Waals surface area contributed by atoms with Crippen molar-refractivity contribution in [2.24, 2.45) is 0 Å². The number of anilines is 3. The second-order valence-electron chi connectivity index (χ2n) is 5.43. The van der Waals surface area contributed by atoms with Gasteiger partial charge in [-0.05, 0) is 64.8 Å². The number of hydrogen-bond donors (Lipinski definition) is 3. The third kappa shape index (κ3) is 5.03. The van der Waals surface area contributed by atoms with Crippen LogP contribution in [0, 0.1) is 6.92 Å². The van der Waals surface area contributed by atoms with Crippen molar-refractivity contribution < 1.29 is 9.21 Å². The minimum absolute atomic E-state index is 0.261. The summed E-state index contributed by atoms with van der Waals surface area (Å²) < 4.78 is 5.70. The summed E-state index contributed by atoms with van der Waals surface area (Å²) in [6.07, 6.45) is 1.73. The lowest BCUT2D eigenvalue weighted by atomic mass is 10.3. The number of amides is 1. The van der Waals surface area contributed by atoms with Crippen LogP contribution in [-0.4, -0.2) is 34.2 Å². The number of aryl methyl sites for hydroxylation is 1. The van der Waals surface area contributed by atoms with Crippen molar-refractivity contribution in [1.82, 2.24) is 20.5 Å². The van der Waals surface area contributed by atoms with Crippen molar-refractivity contribution in [3.8, 4) is 0 Å². The zero-order chi connectivity index (χ0) is 18.4. The van der Waals surface area contributed by atoms with Gasteiger partial charge in [-0.15, -0.1) is 10.2 Å². The number of hydrogen-bond acceptors (Lipinski definition) is 7. The summed E-state index contributed by atoms with van der Waals surface area (Å²) in [5.41, 5.74) is 1.11. The highest BCUT2D eigenvalue weighted by molar-refractivity contribution is 9.10. The topological polar surface area (TPSA) is 105 Å². The van der Waals surface area contributed by atoms with Crippen LogP contribution >= 0.6 is 15.9 Å². The van der Waals surface area contributed by atoms with Crippen LogP contribution < -0.4 is 16.0 Å². The fourth-order valence-electron chi connectivity index (χ4n) is 2.12. The third-order valence-electron chi connectivity index (χ3n) is 3.35. The molecule has 0 aliphatic rings. The summed E-state index contributed by atoms with van der Waals surface area (Å²) in [6.45, 7) is 2.93. The molecule has 0 fully saturated rings. The predicted molar refractivity (Wildman–Crippen MR) is 102 cm³/mol. The van der Waals surface area contributed by atoms with Crippen LogP contribution in [0.2, 0.25) is 0 Å². The molecule has 134 valence electrons. The van der Waals surface area contributed by atoms with Crippen LogP contribution in [-0.2, 0) is 0 Å². The van der Waals surface area contributed by atoms with Crippen LogP contribution in [0.15, 0.2) is 51.7 Å². The van der Waals surface area contributed by atoms with Crippen LogP contribution in [0.25, 0.3) is 0 Å². The zero-order valence-electron chi connectivity index (χ0n) is 14.0. The summed E-state index contributed by atoms with van der Waals surface area (Å²) >= 11 is 3.16. The van der Waals surface area contributed by atoms with E-state index in [4.69, 9.17) is 4.42 Å². The maximum absolute atomic E-state index is 11.8. The first-order valence-corrected chi connectivity index (χ1v) is 8.70. The summed E-state index contributed by atoms with van der Waals surface area (Å²) in [5, 5.41) is 17.1. The van der Waals surface area contributed by atoms with Crippen molar-refractivity contribution in [1.29, 1.82) is 0 Å². The van der Waals surface area contributed by atoms with Crippen LogP contribution in [0.5, 0.6) is 0 Å². The lowest BCUT2D eigenvalue weighted by Gasteiger charge is -2.07. The van der Waals surface area contributed by atoms with E-state index >= 15 is 0 Å². The predicted octanol–water partition coefficient (Wildman–Crippen LogP) is 3.12. The number of halogens is 1. The highest BCUT2D eigenvalue weighted by Crippen LogP contribution is 2.14. The Morgan fingerprint density at radius 2 is 1.88 bits per heavy atom. The molecule has 0 unspecified atom stereocenters. The molecular weight excluding hydrogens is 400 g/mol. The summed E-state index contributed by atoms with van der Waals surface area (Å²) in [5.74, 6) is 1.92. The lowest BCUT2D eigenvalue weighted by molar-refractivity contribution is 0.0926. The number of pyridine rings is 1. The lowest BCUT2D eigenvalue weighted by Crippen LogP contribution is -2.28. The molecule has 3 aromatic rings. The van der Waals surface area contributed by atoms with Gasteiger partial charge in [-0.3, -0.25) is 4.79 Å². The van der Waals surface area contributed by atoms with Crippen molar-refractivity contribution >= 4 is 39.3 Å². The van der Waals surface area contributed by atoms with Gasteiger partial charge in [0.25, 0.3) is 5.91 Å². The largest absolute Gasteiger partial charge is 0.444 e. The molecule has 8 nitrogen and oxygen atoms in total. The van der Waals surface area contributed by atoms with Gasteiger partial charge >= 0.3 is 0 Å². The van der Waals surface area contributed by atoms with Gasteiger partial charge in [0.2, 0.25) is 0 Å². The molecule has 0 aliphatic carbocycles. The van der Waals surface area contributed by atoms with Crippen LogP contribution in [0.1, 0.15) is 16.1 Å².